The molecular formula is C13H15FN4O2S. The van der Waals surface area contributed by atoms with E-state index in [9.17, 15) is 12.8 Å². The molecule has 2 aromatic rings. The van der Waals surface area contributed by atoms with Crippen molar-refractivity contribution in [3.8, 4) is 0 Å². The fourth-order valence-corrected chi connectivity index (χ4v) is 2.82. The first kappa shape index (κ1) is 15.3. The Bertz CT molecular complexity index is 757. The van der Waals surface area contributed by atoms with Gasteiger partial charge in [0.05, 0.1) is 4.90 Å². The molecule has 1 aromatic heterocycles. The van der Waals surface area contributed by atoms with Crippen molar-refractivity contribution in [2.24, 2.45) is 5.73 Å². The summed E-state index contributed by atoms with van der Waals surface area (Å²) in [7, 11) is -3.89. The van der Waals surface area contributed by atoms with Gasteiger partial charge in [-0.1, -0.05) is 0 Å². The van der Waals surface area contributed by atoms with Crippen LogP contribution >= 0.6 is 0 Å². The average molecular weight is 310 g/mol. The molecule has 0 atom stereocenters. The molecular weight excluding hydrogens is 295 g/mol. The van der Waals surface area contributed by atoms with Crippen LogP contribution in [0.1, 0.15) is 17.0 Å². The lowest BCUT2D eigenvalue weighted by Crippen LogP contribution is -2.16. The molecule has 0 aliphatic carbocycles. The maximum absolute atomic E-state index is 13.4. The smallest absolute Gasteiger partial charge is 0.264 e. The van der Waals surface area contributed by atoms with Crippen LogP contribution in [0.15, 0.2) is 29.2 Å². The van der Waals surface area contributed by atoms with Crippen LogP contribution < -0.4 is 10.5 Å². The summed E-state index contributed by atoms with van der Waals surface area (Å²) in [5.74, 6) is -0.565. The number of halogens is 1. The second-order valence-corrected chi connectivity index (χ2v) is 6.22. The second kappa shape index (κ2) is 5.74. The van der Waals surface area contributed by atoms with Gasteiger partial charge in [-0.05, 0) is 38.1 Å². The van der Waals surface area contributed by atoms with Crippen molar-refractivity contribution >= 4 is 16.0 Å². The summed E-state index contributed by atoms with van der Waals surface area (Å²) in [6.45, 7) is 3.38. The Labute approximate surface area is 122 Å². The number of aryl methyl sites for hydroxylation is 2. The van der Waals surface area contributed by atoms with E-state index in [1.165, 1.54) is 12.1 Å². The molecule has 0 aliphatic heterocycles. The molecule has 0 saturated heterocycles. The number of rotatable bonds is 4. The number of anilines is 1. The highest BCUT2D eigenvalue weighted by Crippen LogP contribution is 2.17. The molecule has 6 nitrogen and oxygen atoms in total. The minimum absolute atomic E-state index is 0.0221. The van der Waals surface area contributed by atoms with Gasteiger partial charge in [0.25, 0.3) is 10.0 Å². The fraction of sp³-hybridized carbons (Fsp3) is 0.231. The Morgan fingerprint density at radius 2 is 1.81 bits per heavy atom. The van der Waals surface area contributed by atoms with E-state index in [1.807, 2.05) is 0 Å². The Hall–Kier alpha value is -2.06. The molecule has 21 heavy (non-hydrogen) atoms. The third-order valence-electron chi connectivity index (χ3n) is 2.76. The molecule has 0 bridgehead atoms. The van der Waals surface area contributed by atoms with Gasteiger partial charge in [-0.25, -0.2) is 27.5 Å². The first-order valence-electron chi connectivity index (χ1n) is 6.15. The summed E-state index contributed by atoms with van der Waals surface area (Å²) in [6, 6.07) is 5.15. The van der Waals surface area contributed by atoms with Gasteiger partial charge in [0.2, 0.25) is 5.95 Å². The van der Waals surface area contributed by atoms with E-state index in [-0.39, 0.29) is 23.0 Å². The zero-order valence-corrected chi connectivity index (χ0v) is 12.4. The normalized spacial score (nSPS) is 11.4. The highest BCUT2D eigenvalue weighted by atomic mass is 32.2. The quantitative estimate of drug-likeness (QED) is 0.891. The zero-order valence-electron chi connectivity index (χ0n) is 11.6. The van der Waals surface area contributed by atoms with Crippen molar-refractivity contribution in [3.05, 3.63) is 47.0 Å². The molecule has 2 rings (SSSR count). The predicted octanol–water partition coefficient (Wildman–Crippen LogP) is 1.49. The number of benzene rings is 1. The molecule has 1 heterocycles. The van der Waals surface area contributed by atoms with Crippen LogP contribution in [0.4, 0.5) is 10.3 Å². The van der Waals surface area contributed by atoms with E-state index < -0.39 is 15.8 Å². The summed E-state index contributed by atoms with van der Waals surface area (Å²) in [5, 5.41) is 0. The van der Waals surface area contributed by atoms with E-state index in [1.54, 1.807) is 19.9 Å². The van der Waals surface area contributed by atoms with Crippen molar-refractivity contribution in [1.82, 2.24) is 9.97 Å². The Morgan fingerprint density at radius 3 is 2.38 bits per heavy atom. The number of hydrogen-bond acceptors (Lipinski definition) is 5. The van der Waals surface area contributed by atoms with Crippen LogP contribution in [0.5, 0.6) is 0 Å². The summed E-state index contributed by atoms with van der Waals surface area (Å²) in [5.41, 5.74) is 6.78. The third kappa shape index (κ3) is 3.53. The lowest BCUT2D eigenvalue weighted by molar-refractivity contribution is 0.596. The van der Waals surface area contributed by atoms with Crippen LogP contribution in [0.2, 0.25) is 0 Å². The van der Waals surface area contributed by atoms with Crippen molar-refractivity contribution in [2.75, 3.05) is 4.72 Å². The van der Waals surface area contributed by atoms with Gasteiger partial charge in [0.15, 0.2) is 0 Å². The topological polar surface area (TPSA) is 98.0 Å². The van der Waals surface area contributed by atoms with Crippen molar-refractivity contribution < 1.29 is 12.8 Å². The van der Waals surface area contributed by atoms with Gasteiger partial charge in [0.1, 0.15) is 5.82 Å². The SMILES string of the molecule is Cc1cc(C)nc(NS(=O)(=O)c2ccc(F)c(CN)c2)n1. The second-order valence-electron chi connectivity index (χ2n) is 4.54. The summed E-state index contributed by atoms with van der Waals surface area (Å²) in [4.78, 5) is 7.92. The van der Waals surface area contributed by atoms with Crippen LogP contribution in [-0.2, 0) is 16.6 Å². The number of sulfonamides is 1. The molecule has 0 fully saturated rings. The molecule has 0 amide bonds. The van der Waals surface area contributed by atoms with Gasteiger partial charge >= 0.3 is 0 Å². The lowest BCUT2D eigenvalue weighted by atomic mass is 10.2. The minimum atomic E-state index is -3.89. The van der Waals surface area contributed by atoms with Crippen LogP contribution in [0.25, 0.3) is 0 Å². The third-order valence-corrected chi connectivity index (χ3v) is 4.08. The summed E-state index contributed by atoms with van der Waals surface area (Å²) < 4.78 is 40.1. The van der Waals surface area contributed by atoms with Crippen molar-refractivity contribution in [2.45, 2.75) is 25.3 Å². The molecule has 1 aromatic carbocycles. The first-order chi connectivity index (χ1) is 9.81. The monoisotopic (exact) mass is 310 g/mol. The maximum atomic E-state index is 13.4. The van der Waals surface area contributed by atoms with Crippen LogP contribution in [-0.4, -0.2) is 18.4 Å². The highest BCUT2D eigenvalue weighted by molar-refractivity contribution is 7.92. The number of nitrogens with two attached hydrogens (primary N) is 1. The molecule has 3 N–H and O–H groups in total. The largest absolute Gasteiger partial charge is 0.326 e. The van der Waals surface area contributed by atoms with E-state index in [2.05, 4.69) is 14.7 Å². The number of hydrogen-bond donors (Lipinski definition) is 2. The summed E-state index contributed by atoms with van der Waals surface area (Å²) in [6.07, 6.45) is 0. The highest BCUT2D eigenvalue weighted by Gasteiger charge is 2.17. The number of aromatic nitrogens is 2. The Morgan fingerprint density at radius 1 is 1.19 bits per heavy atom. The average Bonchev–Trinajstić information content (AvgIpc) is 2.37. The number of nitrogens with one attached hydrogen (secondary N) is 1. The zero-order chi connectivity index (χ0) is 15.6. The lowest BCUT2D eigenvalue weighted by Gasteiger charge is -2.09. The fourth-order valence-electron chi connectivity index (χ4n) is 1.83. The minimum Gasteiger partial charge on any atom is -0.326 e. The van der Waals surface area contributed by atoms with E-state index in [0.29, 0.717) is 11.4 Å². The molecule has 0 spiro atoms. The Balaban J connectivity index is 2.38. The molecule has 0 aliphatic rings. The molecule has 8 heteroatoms. The van der Waals surface area contributed by atoms with E-state index in [4.69, 9.17) is 5.73 Å². The standard InChI is InChI=1S/C13H15FN4O2S/c1-8-5-9(2)17-13(16-8)18-21(19,20)11-3-4-12(14)10(6-11)7-15/h3-6H,7,15H2,1-2H3,(H,16,17,18). The molecule has 0 saturated carbocycles. The van der Waals surface area contributed by atoms with Gasteiger partial charge in [0, 0.05) is 23.5 Å². The van der Waals surface area contributed by atoms with Gasteiger partial charge < -0.3 is 5.73 Å². The summed E-state index contributed by atoms with van der Waals surface area (Å²) >= 11 is 0. The van der Waals surface area contributed by atoms with Crippen molar-refractivity contribution in [1.29, 1.82) is 0 Å². The van der Waals surface area contributed by atoms with Gasteiger partial charge in [-0.15, -0.1) is 0 Å². The molecule has 0 unspecified atom stereocenters. The van der Waals surface area contributed by atoms with Gasteiger partial charge in [-0.2, -0.15) is 0 Å². The van der Waals surface area contributed by atoms with Crippen molar-refractivity contribution in [3.63, 3.8) is 0 Å². The Kier molecular flexibility index (Phi) is 4.19. The molecule has 0 radical (unpaired) electrons. The predicted molar refractivity (Wildman–Crippen MR) is 76.6 cm³/mol. The van der Waals surface area contributed by atoms with Gasteiger partial charge in [-0.3, -0.25) is 0 Å². The number of nitrogens with zero attached hydrogens (tertiary/aromatic N) is 2. The maximum Gasteiger partial charge on any atom is 0.264 e. The first-order valence-corrected chi connectivity index (χ1v) is 7.64. The van der Waals surface area contributed by atoms with Crippen LogP contribution in [0, 0.1) is 19.7 Å². The van der Waals surface area contributed by atoms with E-state index in [0.717, 1.165) is 6.07 Å². The van der Waals surface area contributed by atoms with E-state index >= 15 is 0 Å². The van der Waals surface area contributed by atoms with Crippen LogP contribution in [0.3, 0.4) is 0 Å². The molecule has 112 valence electrons.